The SMILES string of the molecule is Cc1csc(-c2csc(N3CCOCC3)n2)c1.Cl. The molecule has 0 aliphatic carbocycles. The van der Waals surface area contributed by atoms with Crippen LogP contribution in [-0.2, 0) is 4.74 Å². The third-order valence-corrected chi connectivity index (χ3v) is 4.73. The van der Waals surface area contributed by atoms with Gasteiger partial charge in [-0.05, 0) is 23.9 Å². The van der Waals surface area contributed by atoms with Gasteiger partial charge in [0.1, 0.15) is 0 Å². The lowest BCUT2D eigenvalue weighted by atomic mass is 10.3. The minimum absolute atomic E-state index is 0. The van der Waals surface area contributed by atoms with Crippen LogP contribution in [0.15, 0.2) is 16.8 Å². The second kappa shape index (κ2) is 6.02. The van der Waals surface area contributed by atoms with E-state index >= 15 is 0 Å². The number of thiophene rings is 1. The first-order valence-corrected chi connectivity index (χ1v) is 7.42. The Morgan fingerprint density at radius 3 is 2.67 bits per heavy atom. The molecule has 1 aliphatic heterocycles. The van der Waals surface area contributed by atoms with Gasteiger partial charge in [0.05, 0.1) is 23.8 Å². The number of halogens is 1. The van der Waals surface area contributed by atoms with Gasteiger partial charge in [-0.1, -0.05) is 0 Å². The smallest absolute Gasteiger partial charge is 0.186 e. The van der Waals surface area contributed by atoms with E-state index in [2.05, 4.69) is 28.7 Å². The first-order chi connectivity index (χ1) is 8.33. The van der Waals surface area contributed by atoms with Crippen molar-refractivity contribution < 1.29 is 4.74 Å². The number of anilines is 1. The van der Waals surface area contributed by atoms with Gasteiger partial charge in [-0.15, -0.1) is 35.1 Å². The first-order valence-electron chi connectivity index (χ1n) is 5.66. The van der Waals surface area contributed by atoms with Gasteiger partial charge in [-0.3, -0.25) is 0 Å². The summed E-state index contributed by atoms with van der Waals surface area (Å²) in [4.78, 5) is 8.28. The predicted octanol–water partition coefficient (Wildman–Crippen LogP) is 3.44. The summed E-state index contributed by atoms with van der Waals surface area (Å²) in [5.41, 5.74) is 2.42. The predicted molar refractivity (Wildman–Crippen MR) is 80.4 cm³/mol. The van der Waals surface area contributed by atoms with E-state index in [4.69, 9.17) is 9.72 Å². The molecule has 3 rings (SSSR count). The average molecular weight is 303 g/mol. The number of hydrogen-bond donors (Lipinski definition) is 0. The topological polar surface area (TPSA) is 25.4 Å². The molecule has 0 N–H and O–H groups in total. The van der Waals surface area contributed by atoms with Crippen molar-refractivity contribution in [3.8, 4) is 10.6 Å². The van der Waals surface area contributed by atoms with E-state index in [0.29, 0.717) is 0 Å². The van der Waals surface area contributed by atoms with Crippen LogP contribution in [0.5, 0.6) is 0 Å². The molecule has 0 unspecified atom stereocenters. The molecule has 1 saturated heterocycles. The first kappa shape index (κ1) is 13.8. The maximum absolute atomic E-state index is 5.35. The van der Waals surface area contributed by atoms with Gasteiger partial charge in [0.2, 0.25) is 0 Å². The van der Waals surface area contributed by atoms with Gasteiger partial charge in [0.15, 0.2) is 5.13 Å². The molecule has 18 heavy (non-hydrogen) atoms. The largest absolute Gasteiger partial charge is 0.378 e. The zero-order valence-electron chi connectivity index (χ0n) is 10.1. The van der Waals surface area contributed by atoms with Crippen molar-refractivity contribution >= 4 is 40.2 Å². The molecular weight excluding hydrogens is 288 g/mol. The minimum Gasteiger partial charge on any atom is -0.378 e. The lowest BCUT2D eigenvalue weighted by Crippen LogP contribution is -2.36. The van der Waals surface area contributed by atoms with E-state index in [1.165, 1.54) is 10.4 Å². The molecule has 0 saturated carbocycles. The van der Waals surface area contributed by atoms with Gasteiger partial charge in [-0.25, -0.2) is 4.98 Å². The molecule has 98 valence electrons. The van der Waals surface area contributed by atoms with Crippen molar-refractivity contribution in [1.29, 1.82) is 0 Å². The van der Waals surface area contributed by atoms with Crippen LogP contribution in [0.1, 0.15) is 5.56 Å². The van der Waals surface area contributed by atoms with Crippen molar-refractivity contribution in [2.24, 2.45) is 0 Å². The highest BCUT2D eigenvalue weighted by molar-refractivity contribution is 7.16. The van der Waals surface area contributed by atoms with Gasteiger partial charge in [-0.2, -0.15) is 0 Å². The molecule has 0 spiro atoms. The Balaban J connectivity index is 0.00000120. The molecule has 0 aromatic carbocycles. The van der Waals surface area contributed by atoms with Gasteiger partial charge < -0.3 is 9.64 Å². The Bertz CT molecular complexity index is 506. The minimum atomic E-state index is 0. The number of aromatic nitrogens is 1. The molecule has 1 aliphatic rings. The van der Waals surface area contributed by atoms with E-state index in [9.17, 15) is 0 Å². The van der Waals surface area contributed by atoms with Crippen molar-refractivity contribution in [1.82, 2.24) is 4.98 Å². The standard InChI is InChI=1S/C12H14N2OS2.ClH/c1-9-6-11(16-7-9)10-8-17-12(13-10)14-2-4-15-5-3-14;/h6-8H,2-5H2,1H3;1H. The number of morpholine rings is 1. The molecule has 2 aromatic rings. The average Bonchev–Trinajstić information content (AvgIpc) is 2.98. The zero-order valence-corrected chi connectivity index (χ0v) is 12.5. The molecular formula is C12H15ClN2OS2. The Kier molecular flexibility index (Phi) is 4.61. The summed E-state index contributed by atoms with van der Waals surface area (Å²) >= 11 is 3.49. The molecule has 6 heteroatoms. The quantitative estimate of drug-likeness (QED) is 0.850. The van der Waals surface area contributed by atoms with E-state index in [-0.39, 0.29) is 12.4 Å². The fraction of sp³-hybridized carbons (Fsp3) is 0.417. The lowest BCUT2D eigenvalue weighted by Gasteiger charge is -2.25. The maximum atomic E-state index is 5.35. The van der Waals surface area contributed by atoms with Crippen LogP contribution in [0.4, 0.5) is 5.13 Å². The van der Waals surface area contributed by atoms with Crippen LogP contribution in [0.2, 0.25) is 0 Å². The third-order valence-electron chi connectivity index (χ3n) is 2.76. The van der Waals surface area contributed by atoms with Crippen molar-refractivity contribution in [3.63, 3.8) is 0 Å². The molecule has 3 nitrogen and oxygen atoms in total. The fourth-order valence-electron chi connectivity index (χ4n) is 1.84. The number of thiazole rings is 1. The maximum Gasteiger partial charge on any atom is 0.186 e. The van der Waals surface area contributed by atoms with Gasteiger partial charge in [0, 0.05) is 18.5 Å². The summed E-state index contributed by atoms with van der Waals surface area (Å²) in [6.45, 7) is 5.65. The monoisotopic (exact) mass is 302 g/mol. The third kappa shape index (κ3) is 2.85. The molecule has 0 amide bonds. The Labute approximate surface area is 121 Å². The zero-order chi connectivity index (χ0) is 11.7. The van der Waals surface area contributed by atoms with Crippen LogP contribution in [0.3, 0.4) is 0 Å². The summed E-state index contributed by atoms with van der Waals surface area (Å²) in [7, 11) is 0. The Hall–Kier alpha value is -0.620. The molecule has 3 heterocycles. The molecule has 1 fully saturated rings. The number of hydrogen-bond acceptors (Lipinski definition) is 5. The summed E-state index contributed by atoms with van der Waals surface area (Å²) in [6.07, 6.45) is 0. The Morgan fingerprint density at radius 1 is 1.22 bits per heavy atom. The normalized spacial score (nSPS) is 15.5. The molecule has 0 atom stereocenters. The second-order valence-corrected chi connectivity index (χ2v) is 5.85. The molecule has 0 bridgehead atoms. The van der Waals surface area contributed by atoms with Gasteiger partial charge >= 0.3 is 0 Å². The highest BCUT2D eigenvalue weighted by atomic mass is 35.5. The highest BCUT2D eigenvalue weighted by Gasteiger charge is 2.15. The van der Waals surface area contributed by atoms with E-state index in [0.717, 1.165) is 37.1 Å². The van der Waals surface area contributed by atoms with Gasteiger partial charge in [0.25, 0.3) is 0 Å². The van der Waals surface area contributed by atoms with E-state index in [1.807, 2.05) is 0 Å². The van der Waals surface area contributed by atoms with Crippen LogP contribution < -0.4 is 4.90 Å². The Morgan fingerprint density at radius 2 is 2.00 bits per heavy atom. The number of nitrogens with zero attached hydrogens (tertiary/aromatic N) is 2. The number of rotatable bonds is 2. The fourth-order valence-corrected chi connectivity index (χ4v) is 3.66. The number of ether oxygens (including phenoxy) is 1. The summed E-state index contributed by atoms with van der Waals surface area (Å²) < 4.78 is 5.35. The molecule has 2 aromatic heterocycles. The highest BCUT2D eigenvalue weighted by Crippen LogP contribution is 2.31. The lowest BCUT2D eigenvalue weighted by molar-refractivity contribution is 0.122. The summed E-state index contributed by atoms with van der Waals surface area (Å²) in [5, 5.41) is 5.44. The van der Waals surface area contributed by atoms with Crippen LogP contribution >= 0.6 is 35.1 Å². The summed E-state index contributed by atoms with van der Waals surface area (Å²) in [6, 6.07) is 2.20. The van der Waals surface area contributed by atoms with Crippen molar-refractivity contribution in [2.75, 3.05) is 31.2 Å². The van der Waals surface area contributed by atoms with Crippen molar-refractivity contribution in [2.45, 2.75) is 6.92 Å². The van der Waals surface area contributed by atoms with E-state index < -0.39 is 0 Å². The molecule has 0 radical (unpaired) electrons. The number of aryl methyl sites for hydroxylation is 1. The summed E-state index contributed by atoms with van der Waals surface area (Å²) in [5.74, 6) is 0. The van der Waals surface area contributed by atoms with E-state index in [1.54, 1.807) is 22.7 Å². The second-order valence-electron chi connectivity index (χ2n) is 4.10. The van der Waals surface area contributed by atoms with Crippen LogP contribution in [0.25, 0.3) is 10.6 Å². The van der Waals surface area contributed by atoms with Crippen molar-refractivity contribution in [3.05, 3.63) is 22.4 Å². The van der Waals surface area contributed by atoms with Crippen LogP contribution in [0, 0.1) is 6.92 Å². The van der Waals surface area contributed by atoms with Crippen LogP contribution in [-0.4, -0.2) is 31.3 Å².